The predicted molar refractivity (Wildman–Crippen MR) is 82.3 cm³/mol. The quantitative estimate of drug-likeness (QED) is 0.861. The summed E-state index contributed by atoms with van der Waals surface area (Å²) in [5, 5.41) is 0. The molecule has 0 saturated carbocycles. The van der Waals surface area contributed by atoms with E-state index in [4.69, 9.17) is 4.74 Å². The van der Waals surface area contributed by atoms with Crippen LogP contribution in [0.1, 0.15) is 38.4 Å². The fourth-order valence-corrected chi connectivity index (χ4v) is 2.12. The van der Waals surface area contributed by atoms with E-state index < -0.39 is 11.6 Å². The Morgan fingerprint density at radius 1 is 1.14 bits per heavy atom. The molecule has 4 heteroatoms. The van der Waals surface area contributed by atoms with E-state index in [2.05, 4.69) is 4.98 Å². The first-order valence-corrected chi connectivity index (χ1v) is 7.06. The highest BCUT2D eigenvalue weighted by Gasteiger charge is 2.32. The molecule has 0 aliphatic heterocycles. The number of ether oxygens (including phenoxy) is 1. The van der Waals surface area contributed by atoms with E-state index in [9.17, 15) is 4.79 Å². The smallest absolute Gasteiger partial charge is 0.235 e. The van der Waals surface area contributed by atoms with Crippen LogP contribution in [0.25, 0.3) is 0 Å². The highest BCUT2D eigenvalue weighted by Crippen LogP contribution is 2.27. The standard InChI is InChI=1S/C17H22N2O2/c1-12-10-14(11-13(2)18-12)21-16(15(20)17(3,4)5)19-8-6-7-9-19/h6-11,16H,1-5H3. The summed E-state index contributed by atoms with van der Waals surface area (Å²) in [4.78, 5) is 17.0. The van der Waals surface area contributed by atoms with E-state index in [1.54, 1.807) is 4.57 Å². The van der Waals surface area contributed by atoms with Gasteiger partial charge in [0, 0.05) is 41.3 Å². The Morgan fingerprint density at radius 3 is 2.14 bits per heavy atom. The van der Waals surface area contributed by atoms with Crippen molar-refractivity contribution in [1.29, 1.82) is 0 Å². The minimum atomic E-state index is -0.666. The van der Waals surface area contributed by atoms with Gasteiger partial charge in [0.15, 0.2) is 5.78 Å². The van der Waals surface area contributed by atoms with Gasteiger partial charge in [0.25, 0.3) is 0 Å². The second-order valence-electron chi connectivity index (χ2n) is 6.30. The van der Waals surface area contributed by atoms with Gasteiger partial charge in [-0.1, -0.05) is 20.8 Å². The lowest BCUT2D eigenvalue weighted by Crippen LogP contribution is -2.33. The van der Waals surface area contributed by atoms with Crippen molar-refractivity contribution < 1.29 is 9.53 Å². The van der Waals surface area contributed by atoms with Gasteiger partial charge in [0.05, 0.1) is 0 Å². The van der Waals surface area contributed by atoms with Gasteiger partial charge in [-0.25, -0.2) is 0 Å². The fourth-order valence-electron chi connectivity index (χ4n) is 2.12. The molecule has 0 saturated heterocycles. The Morgan fingerprint density at radius 2 is 1.67 bits per heavy atom. The van der Waals surface area contributed by atoms with Crippen LogP contribution in [-0.2, 0) is 4.79 Å². The zero-order chi connectivity index (χ0) is 15.6. The van der Waals surface area contributed by atoms with Crippen molar-refractivity contribution in [1.82, 2.24) is 9.55 Å². The monoisotopic (exact) mass is 286 g/mol. The second-order valence-corrected chi connectivity index (χ2v) is 6.30. The molecule has 2 rings (SSSR count). The Balaban J connectivity index is 2.35. The third-order valence-corrected chi connectivity index (χ3v) is 3.16. The summed E-state index contributed by atoms with van der Waals surface area (Å²) < 4.78 is 7.77. The first-order chi connectivity index (χ1) is 9.77. The highest BCUT2D eigenvalue weighted by atomic mass is 16.5. The largest absolute Gasteiger partial charge is 0.463 e. The number of nitrogens with zero attached hydrogens (tertiary/aromatic N) is 2. The second kappa shape index (κ2) is 5.72. The molecule has 2 heterocycles. The number of Topliss-reactive ketones (excluding diaryl/α,β-unsaturated/α-hetero) is 1. The van der Waals surface area contributed by atoms with Gasteiger partial charge in [0.1, 0.15) is 5.75 Å². The fraction of sp³-hybridized carbons (Fsp3) is 0.412. The number of aryl methyl sites for hydroxylation is 2. The maximum atomic E-state index is 12.7. The molecule has 0 aromatic carbocycles. The maximum absolute atomic E-state index is 12.7. The minimum absolute atomic E-state index is 0.0332. The van der Waals surface area contributed by atoms with Crippen molar-refractivity contribution in [2.75, 3.05) is 0 Å². The molecule has 0 aliphatic carbocycles. The molecule has 0 N–H and O–H groups in total. The molecule has 1 unspecified atom stereocenters. The van der Waals surface area contributed by atoms with Gasteiger partial charge < -0.3 is 9.30 Å². The Bertz CT molecular complexity index is 604. The summed E-state index contributed by atoms with van der Waals surface area (Å²) >= 11 is 0. The topological polar surface area (TPSA) is 44.1 Å². The van der Waals surface area contributed by atoms with Crippen molar-refractivity contribution in [3.05, 3.63) is 48.0 Å². The van der Waals surface area contributed by atoms with E-state index in [1.807, 2.05) is 71.3 Å². The van der Waals surface area contributed by atoms with E-state index in [0.717, 1.165) is 11.4 Å². The van der Waals surface area contributed by atoms with Crippen LogP contribution < -0.4 is 4.74 Å². The maximum Gasteiger partial charge on any atom is 0.235 e. The van der Waals surface area contributed by atoms with Crippen LogP contribution in [0.3, 0.4) is 0 Å². The molecule has 1 atom stereocenters. The van der Waals surface area contributed by atoms with E-state index in [-0.39, 0.29) is 5.78 Å². The molecule has 0 fully saturated rings. The van der Waals surface area contributed by atoms with E-state index in [1.165, 1.54) is 0 Å². The van der Waals surface area contributed by atoms with Gasteiger partial charge in [0.2, 0.25) is 6.23 Å². The normalized spacial score (nSPS) is 13.0. The van der Waals surface area contributed by atoms with Crippen LogP contribution in [0, 0.1) is 19.3 Å². The summed E-state index contributed by atoms with van der Waals surface area (Å²) in [6.45, 7) is 9.53. The number of pyridine rings is 1. The SMILES string of the molecule is Cc1cc(OC(C(=O)C(C)(C)C)n2cccc2)cc(C)n1. The Kier molecular flexibility index (Phi) is 4.16. The van der Waals surface area contributed by atoms with Gasteiger partial charge in [-0.15, -0.1) is 0 Å². The van der Waals surface area contributed by atoms with Crippen LogP contribution in [0.4, 0.5) is 0 Å². The molecule has 0 aliphatic rings. The number of aromatic nitrogens is 2. The zero-order valence-corrected chi connectivity index (χ0v) is 13.3. The summed E-state index contributed by atoms with van der Waals surface area (Å²) in [7, 11) is 0. The molecule has 0 radical (unpaired) electrons. The van der Waals surface area contributed by atoms with Crippen molar-refractivity contribution in [2.45, 2.75) is 40.8 Å². The molecule has 2 aromatic heterocycles. The van der Waals surface area contributed by atoms with Crippen molar-refractivity contribution in [3.63, 3.8) is 0 Å². The lowest BCUT2D eigenvalue weighted by Gasteiger charge is -2.26. The zero-order valence-electron chi connectivity index (χ0n) is 13.3. The van der Waals surface area contributed by atoms with Crippen LogP contribution in [-0.4, -0.2) is 15.3 Å². The number of hydrogen-bond acceptors (Lipinski definition) is 3. The van der Waals surface area contributed by atoms with Crippen LogP contribution in [0.2, 0.25) is 0 Å². The number of rotatable bonds is 4. The minimum Gasteiger partial charge on any atom is -0.463 e. The van der Waals surface area contributed by atoms with Crippen LogP contribution in [0.15, 0.2) is 36.7 Å². The first-order valence-electron chi connectivity index (χ1n) is 7.06. The van der Waals surface area contributed by atoms with Crippen molar-refractivity contribution in [2.24, 2.45) is 5.41 Å². The predicted octanol–water partition coefficient (Wildman–Crippen LogP) is 3.69. The third kappa shape index (κ3) is 3.72. The van der Waals surface area contributed by atoms with Crippen molar-refractivity contribution >= 4 is 5.78 Å². The summed E-state index contributed by atoms with van der Waals surface area (Å²) in [6, 6.07) is 7.46. The number of hydrogen-bond donors (Lipinski definition) is 0. The van der Waals surface area contributed by atoms with Gasteiger partial charge in [-0.2, -0.15) is 0 Å². The molecule has 0 bridgehead atoms. The average molecular weight is 286 g/mol. The Hall–Kier alpha value is -2.10. The lowest BCUT2D eigenvalue weighted by molar-refractivity contribution is -0.137. The van der Waals surface area contributed by atoms with E-state index in [0.29, 0.717) is 5.75 Å². The summed E-state index contributed by atoms with van der Waals surface area (Å²) in [5.41, 5.74) is 1.27. The van der Waals surface area contributed by atoms with E-state index >= 15 is 0 Å². The average Bonchev–Trinajstić information content (AvgIpc) is 2.86. The molecular weight excluding hydrogens is 264 g/mol. The van der Waals surface area contributed by atoms with Gasteiger partial charge in [-0.05, 0) is 26.0 Å². The molecule has 21 heavy (non-hydrogen) atoms. The number of ketones is 1. The summed E-state index contributed by atoms with van der Waals surface area (Å²) in [6.07, 6.45) is 3.02. The molecule has 0 amide bonds. The lowest BCUT2D eigenvalue weighted by atomic mass is 9.89. The first kappa shape index (κ1) is 15.3. The highest BCUT2D eigenvalue weighted by molar-refractivity contribution is 5.86. The van der Waals surface area contributed by atoms with Gasteiger partial charge >= 0.3 is 0 Å². The molecule has 112 valence electrons. The molecule has 4 nitrogen and oxygen atoms in total. The third-order valence-electron chi connectivity index (χ3n) is 3.16. The van der Waals surface area contributed by atoms with Crippen LogP contribution in [0.5, 0.6) is 5.75 Å². The summed E-state index contributed by atoms with van der Waals surface area (Å²) in [5.74, 6) is 0.696. The van der Waals surface area contributed by atoms with Crippen molar-refractivity contribution in [3.8, 4) is 5.75 Å². The van der Waals surface area contributed by atoms with Crippen LogP contribution >= 0.6 is 0 Å². The van der Waals surface area contributed by atoms with Gasteiger partial charge in [-0.3, -0.25) is 9.78 Å². The molecule has 2 aromatic rings. The Labute approximate surface area is 125 Å². The molecular formula is C17H22N2O2. The number of carbonyl (C=O) groups excluding carboxylic acids is 1. The number of carbonyl (C=O) groups is 1. The molecule has 0 spiro atoms.